The molecule has 0 atom stereocenters. The molecule has 0 fully saturated rings. The molecule has 0 aliphatic rings. The Balaban J connectivity index is 0.000000640. The van der Waals surface area contributed by atoms with E-state index in [-0.39, 0.29) is 13.5 Å². The highest BCUT2D eigenvalue weighted by atomic mass is 32.1. The lowest BCUT2D eigenvalue weighted by atomic mass is 10.3. The van der Waals surface area contributed by atoms with Crippen LogP contribution in [0.1, 0.15) is 11.4 Å². The predicted molar refractivity (Wildman–Crippen MR) is 44.1 cm³/mol. The van der Waals surface area contributed by atoms with Crippen molar-refractivity contribution in [1.29, 1.82) is 0 Å². The molecule has 0 N–H and O–H groups in total. The number of hydrogen-bond acceptors (Lipinski definition) is 1. The van der Waals surface area contributed by atoms with E-state index < -0.39 is 0 Å². The van der Waals surface area contributed by atoms with E-state index in [1.54, 1.807) is 0 Å². The second kappa shape index (κ2) is 3.51. The van der Waals surface area contributed by atoms with Crippen molar-refractivity contribution >= 4 is 13.5 Å². The number of rotatable bonds is 0. The van der Waals surface area contributed by atoms with Gasteiger partial charge in [-0.05, 0) is 26.0 Å². The molecule has 0 spiro atoms. The van der Waals surface area contributed by atoms with Gasteiger partial charge in [-0.25, -0.2) is 0 Å². The molecule has 0 amide bonds. The fraction of sp³-hybridized carbons (Fsp3) is 0.286. The van der Waals surface area contributed by atoms with Crippen LogP contribution in [0, 0.1) is 13.8 Å². The first-order valence-electron chi connectivity index (χ1n) is 2.69. The summed E-state index contributed by atoms with van der Waals surface area (Å²) in [5.41, 5.74) is 2.18. The van der Waals surface area contributed by atoms with Gasteiger partial charge in [-0.1, -0.05) is 6.07 Å². The third-order valence-corrected chi connectivity index (χ3v) is 1.03. The second-order valence-corrected chi connectivity index (χ2v) is 1.92. The third-order valence-electron chi connectivity index (χ3n) is 1.03. The molecule has 1 heterocycles. The SMILES string of the molecule is Cc1cccc(C)n1.S. The Bertz CT molecular complexity index is 169. The first-order valence-corrected chi connectivity index (χ1v) is 2.69. The van der Waals surface area contributed by atoms with E-state index in [4.69, 9.17) is 0 Å². The summed E-state index contributed by atoms with van der Waals surface area (Å²) in [5.74, 6) is 0. The van der Waals surface area contributed by atoms with Crippen molar-refractivity contribution in [3.8, 4) is 0 Å². The van der Waals surface area contributed by atoms with Crippen molar-refractivity contribution in [2.75, 3.05) is 0 Å². The average molecular weight is 141 g/mol. The molecule has 0 saturated heterocycles. The topological polar surface area (TPSA) is 12.9 Å². The standard InChI is InChI=1S/C7H9N.H2S/c1-6-4-3-5-7(2)8-6;/h3-5H,1-2H3;1H2. The lowest BCUT2D eigenvalue weighted by Gasteiger charge is -1.90. The zero-order valence-corrected chi connectivity index (χ0v) is 6.68. The summed E-state index contributed by atoms with van der Waals surface area (Å²) in [6.45, 7) is 3.99. The Morgan fingerprint density at radius 1 is 1.11 bits per heavy atom. The van der Waals surface area contributed by atoms with Crippen LogP contribution in [0.3, 0.4) is 0 Å². The largest absolute Gasteiger partial charge is 0.258 e. The van der Waals surface area contributed by atoms with E-state index in [2.05, 4.69) is 4.98 Å². The van der Waals surface area contributed by atoms with E-state index in [1.165, 1.54) is 0 Å². The average Bonchev–Trinajstić information content (AvgIpc) is 1.64. The summed E-state index contributed by atoms with van der Waals surface area (Å²) in [7, 11) is 0. The lowest BCUT2D eigenvalue weighted by molar-refractivity contribution is 1.12. The molecular formula is C7H11NS. The van der Waals surface area contributed by atoms with E-state index in [1.807, 2.05) is 32.0 Å². The zero-order valence-electron chi connectivity index (χ0n) is 5.68. The van der Waals surface area contributed by atoms with Crippen LogP contribution in [-0.2, 0) is 0 Å². The molecule has 1 aromatic heterocycles. The van der Waals surface area contributed by atoms with E-state index in [9.17, 15) is 0 Å². The molecule has 2 heteroatoms. The van der Waals surface area contributed by atoms with Crippen molar-refractivity contribution in [3.05, 3.63) is 29.6 Å². The number of aromatic nitrogens is 1. The highest BCUT2D eigenvalue weighted by molar-refractivity contribution is 7.59. The summed E-state index contributed by atoms with van der Waals surface area (Å²) < 4.78 is 0. The molecule has 50 valence electrons. The van der Waals surface area contributed by atoms with Crippen LogP contribution in [0.4, 0.5) is 0 Å². The van der Waals surface area contributed by atoms with Crippen LogP contribution in [0.5, 0.6) is 0 Å². The monoisotopic (exact) mass is 141 g/mol. The van der Waals surface area contributed by atoms with Gasteiger partial charge in [-0.3, -0.25) is 4.98 Å². The Hall–Kier alpha value is -0.500. The third kappa shape index (κ3) is 2.51. The van der Waals surface area contributed by atoms with Crippen LogP contribution in [0.2, 0.25) is 0 Å². The minimum absolute atomic E-state index is 0. The molecule has 1 aromatic rings. The summed E-state index contributed by atoms with van der Waals surface area (Å²) in [5, 5.41) is 0. The molecule has 9 heavy (non-hydrogen) atoms. The maximum atomic E-state index is 4.17. The van der Waals surface area contributed by atoms with Gasteiger partial charge in [0.1, 0.15) is 0 Å². The van der Waals surface area contributed by atoms with Gasteiger partial charge in [0.15, 0.2) is 0 Å². The van der Waals surface area contributed by atoms with Gasteiger partial charge in [0, 0.05) is 11.4 Å². The maximum absolute atomic E-state index is 4.17. The molecule has 1 nitrogen and oxygen atoms in total. The molecule has 0 radical (unpaired) electrons. The fourth-order valence-electron chi connectivity index (χ4n) is 0.679. The molecule has 0 unspecified atom stereocenters. The Labute approximate surface area is 62.6 Å². The summed E-state index contributed by atoms with van der Waals surface area (Å²) in [6.07, 6.45) is 0. The molecule has 0 aliphatic carbocycles. The Morgan fingerprint density at radius 3 is 1.78 bits per heavy atom. The number of pyridine rings is 1. The van der Waals surface area contributed by atoms with Crippen LogP contribution >= 0.6 is 13.5 Å². The van der Waals surface area contributed by atoms with Gasteiger partial charge in [0.05, 0.1) is 0 Å². The van der Waals surface area contributed by atoms with Crippen molar-refractivity contribution in [3.63, 3.8) is 0 Å². The summed E-state index contributed by atoms with van der Waals surface area (Å²) >= 11 is 0. The van der Waals surface area contributed by atoms with Gasteiger partial charge in [-0.2, -0.15) is 13.5 Å². The van der Waals surface area contributed by atoms with Crippen molar-refractivity contribution in [2.45, 2.75) is 13.8 Å². The molecule has 0 saturated carbocycles. The molecular weight excluding hydrogens is 130 g/mol. The lowest BCUT2D eigenvalue weighted by Crippen LogP contribution is -1.81. The van der Waals surface area contributed by atoms with Crippen molar-refractivity contribution < 1.29 is 0 Å². The van der Waals surface area contributed by atoms with Crippen LogP contribution < -0.4 is 0 Å². The number of aryl methyl sites for hydroxylation is 2. The molecule has 0 aliphatic heterocycles. The Kier molecular flexibility index (Phi) is 3.32. The van der Waals surface area contributed by atoms with Gasteiger partial charge in [0.2, 0.25) is 0 Å². The minimum atomic E-state index is 0. The first-order chi connectivity index (χ1) is 3.79. The molecule has 0 bridgehead atoms. The smallest absolute Gasteiger partial charge is 0.0375 e. The van der Waals surface area contributed by atoms with Crippen LogP contribution in [0.15, 0.2) is 18.2 Å². The maximum Gasteiger partial charge on any atom is 0.0375 e. The van der Waals surface area contributed by atoms with Gasteiger partial charge in [-0.15, -0.1) is 0 Å². The predicted octanol–water partition coefficient (Wildman–Crippen LogP) is 1.81. The molecule has 0 aromatic carbocycles. The summed E-state index contributed by atoms with van der Waals surface area (Å²) in [6, 6.07) is 6.00. The summed E-state index contributed by atoms with van der Waals surface area (Å²) in [4.78, 5) is 4.17. The minimum Gasteiger partial charge on any atom is -0.258 e. The second-order valence-electron chi connectivity index (χ2n) is 1.92. The van der Waals surface area contributed by atoms with Crippen molar-refractivity contribution in [2.24, 2.45) is 0 Å². The van der Waals surface area contributed by atoms with Crippen LogP contribution in [-0.4, -0.2) is 4.98 Å². The number of hydrogen-bond donors (Lipinski definition) is 0. The van der Waals surface area contributed by atoms with Crippen molar-refractivity contribution in [1.82, 2.24) is 4.98 Å². The quantitative estimate of drug-likeness (QED) is 0.537. The number of nitrogens with zero attached hydrogens (tertiary/aromatic N) is 1. The van der Waals surface area contributed by atoms with E-state index in [0.717, 1.165) is 11.4 Å². The normalized spacial score (nSPS) is 8.22. The van der Waals surface area contributed by atoms with Gasteiger partial charge < -0.3 is 0 Å². The van der Waals surface area contributed by atoms with Crippen LogP contribution in [0.25, 0.3) is 0 Å². The first kappa shape index (κ1) is 8.50. The Morgan fingerprint density at radius 2 is 1.56 bits per heavy atom. The fourth-order valence-corrected chi connectivity index (χ4v) is 0.679. The van der Waals surface area contributed by atoms with E-state index in [0.29, 0.717) is 0 Å². The van der Waals surface area contributed by atoms with Gasteiger partial charge in [0.25, 0.3) is 0 Å². The van der Waals surface area contributed by atoms with Gasteiger partial charge >= 0.3 is 0 Å². The highest BCUT2D eigenvalue weighted by Gasteiger charge is 1.82. The zero-order chi connectivity index (χ0) is 5.98. The van der Waals surface area contributed by atoms with E-state index >= 15 is 0 Å². The molecule has 1 rings (SSSR count). The highest BCUT2D eigenvalue weighted by Crippen LogP contribution is 1.93.